The minimum Gasteiger partial charge on any atom is -0.368 e. The molecular formula is C18H27N3O2. The number of likely N-dealkylation sites (N-methyl/N-ethyl adjacent to an activating group) is 1. The molecule has 0 radical (unpaired) electrons. The third-order valence-corrected chi connectivity index (χ3v) is 4.72. The van der Waals surface area contributed by atoms with E-state index in [0.29, 0.717) is 19.3 Å². The Morgan fingerprint density at radius 1 is 1.22 bits per heavy atom. The third kappa shape index (κ3) is 3.55. The lowest BCUT2D eigenvalue weighted by Gasteiger charge is -2.36. The first-order chi connectivity index (χ1) is 10.8. The standard InChI is InChI=1S/C18H27N3O2/c1-12(2)9-15(16(19)22)20-17(23)18(21(3)4)10-13-7-5-6-8-14(13)11-18/h5-8,12,15H,9-11H2,1-4H3,(H2,19,22)(H,20,23)/t15-/m0/s1. The fourth-order valence-corrected chi connectivity index (χ4v) is 3.29. The molecule has 1 aromatic rings. The molecule has 0 fully saturated rings. The van der Waals surface area contributed by atoms with E-state index in [2.05, 4.69) is 17.4 Å². The van der Waals surface area contributed by atoms with E-state index in [9.17, 15) is 9.59 Å². The van der Waals surface area contributed by atoms with E-state index in [0.717, 1.165) is 0 Å². The molecule has 1 aromatic carbocycles. The van der Waals surface area contributed by atoms with E-state index in [1.54, 1.807) is 0 Å². The van der Waals surface area contributed by atoms with Gasteiger partial charge in [0.05, 0.1) is 0 Å². The lowest BCUT2D eigenvalue weighted by atomic mass is 9.91. The van der Waals surface area contributed by atoms with Crippen LogP contribution >= 0.6 is 0 Å². The van der Waals surface area contributed by atoms with Crippen molar-refractivity contribution in [3.05, 3.63) is 35.4 Å². The van der Waals surface area contributed by atoms with Gasteiger partial charge in [0.1, 0.15) is 11.6 Å². The summed E-state index contributed by atoms with van der Waals surface area (Å²) in [6.07, 6.45) is 1.85. The van der Waals surface area contributed by atoms with E-state index >= 15 is 0 Å². The summed E-state index contributed by atoms with van der Waals surface area (Å²) in [7, 11) is 3.82. The molecule has 1 aliphatic carbocycles. The number of nitrogens with zero attached hydrogens (tertiary/aromatic N) is 1. The lowest BCUT2D eigenvalue weighted by Crippen LogP contribution is -2.60. The number of rotatable bonds is 6. The second-order valence-electron chi connectivity index (χ2n) is 7.11. The molecule has 1 atom stereocenters. The number of nitrogens with one attached hydrogen (secondary N) is 1. The van der Waals surface area contributed by atoms with Crippen LogP contribution in [-0.4, -0.2) is 42.4 Å². The Morgan fingerprint density at radius 3 is 2.13 bits per heavy atom. The first kappa shape index (κ1) is 17.5. The number of benzene rings is 1. The maximum absolute atomic E-state index is 13.0. The Hall–Kier alpha value is -1.88. The van der Waals surface area contributed by atoms with Crippen molar-refractivity contribution in [3.63, 3.8) is 0 Å². The van der Waals surface area contributed by atoms with Crippen molar-refractivity contribution in [3.8, 4) is 0 Å². The van der Waals surface area contributed by atoms with Gasteiger partial charge in [0, 0.05) is 12.8 Å². The van der Waals surface area contributed by atoms with Gasteiger partial charge in [-0.25, -0.2) is 0 Å². The molecule has 0 aliphatic heterocycles. The summed E-state index contributed by atoms with van der Waals surface area (Å²) < 4.78 is 0. The van der Waals surface area contributed by atoms with Crippen LogP contribution in [0.5, 0.6) is 0 Å². The highest BCUT2D eigenvalue weighted by Crippen LogP contribution is 2.33. The average Bonchev–Trinajstić information content (AvgIpc) is 2.86. The van der Waals surface area contributed by atoms with E-state index in [4.69, 9.17) is 5.73 Å². The molecule has 0 unspecified atom stereocenters. The largest absolute Gasteiger partial charge is 0.368 e. The number of primary amides is 1. The molecule has 0 saturated carbocycles. The van der Waals surface area contributed by atoms with Gasteiger partial charge in [0.15, 0.2) is 0 Å². The minimum atomic E-state index is -0.658. The second kappa shape index (κ2) is 6.71. The van der Waals surface area contributed by atoms with Gasteiger partial charge >= 0.3 is 0 Å². The fourth-order valence-electron chi connectivity index (χ4n) is 3.29. The molecular weight excluding hydrogens is 290 g/mol. The first-order valence-electron chi connectivity index (χ1n) is 8.11. The summed E-state index contributed by atoms with van der Waals surface area (Å²) >= 11 is 0. The Morgan fingerprint density at radius 2 is 1.74 bits per heavy atom. The summed E-state index contributed by atoms with van der Waals surface area (Å²) in [6, 6.07) is 7.49. The van der Waals surface area contributed by atoms with Gasteiger partial charge in [0.25, 0.3) is 0 Å². The van der Waals surface area contributed by atoms with Crippen LogP contribution in [0.15, 0.2) is 24.3 Å². The number of hydrogen-bond donors (Lipinski definition) is 2. The summed E-state index contributed by atoms with van der Waals surface area (Å²) in [5, 5.41) is 2.89. The van der Waals surface area contributed by atoms with Crippen LogP contribution < -0.4 is 11.1 Å². The summed E-state index contributed by atoms with van der Waals surface area (Å²) in [5.41, 5.74) is 7.19. The van der Waals surface area contributed by atoms with Crippen LogP contribution in [0.4, 0.5) is 0 Å². The van der Waals surface area contributed by atoms with Gasteiger partial charge in [-0.05, 0) is 37.6 Å². The van der Waals surface area contributed by atoms with E-state index in [1.807, 2.05) is 45.0 Å². The van der Waals surface area contributed by atoms with Gasteiger partial charge in [-0.2, -0.15) is 0 Å². The third-order valence-electron chi connectivity index (χ3n) is 4.72. The van der Waals surface area contributed by atoms with Crippen LogP contribution in [0, 0.1) is 5.92 Å². The monoisotopic (exact) mass is 317 g/mol. The highest BCUT2D eigenvalue weighted by molar-refractivity contribution is 5.92. The highest BCUT2D eigenvalue weighted by Gasteiger charge is 2.46. The van der Waals surface area contributed by atoms with E-state index in [1.165, 1.54) is 11.1 Å². The van der Waals surface area contributed by atoms with Crippen molar-refractivity contribution in [2.45, 2.75) is 44.7 Å². The van der Waals surface area contributed by atoms with Crippen LogP contribution in [0.1, 0.15) is 31.4 Å². The molecule has 1 aliphatic rings. The molecule has 2 rings (SSSR count). The molecule has 0 saturated heterocycles. The van der Waals surface area contributed by atoms with Crippen LogP contribution in [0.25, 0.3) is 0 Å². The highest BCUT2D eigenvalue weighted by atomic mass is 16.2. The lowest BCUT2D eigenvalue weighted by molar-refractivity contribution is -0.135. The summed E-state index contributed by atoms with van der Waals surface area (Å²) in [5.74, 6) is -0.316. The second-order valence-corrected chi connectivity index (χ2v) is 7.11. The number of amides is 2. The zero-order valence-electron chi connectivity index (χ0n) is 14.4. The average molecular weight is 317 g/mol. The van der Waals surface area contributed by atoms with Gasteiger partial charge in [-0.1, -0.05) is 38.1 Å². The molecule has 2 amide bonds. The number of carbonyl (C=O) groups excluding carboxylic acids is 2. The molecule has 0 heterocycles. The van der Waals surface area contributed by atoms with Crippen molar-refractivity contribution in [2.75, 3.05) is 14.1 Å². The zero-order valence-corrected chi connectivity index (χ0v) is 14.4. The molecule has 5 heteroatoms. The number of fused-ring (bicyclic) bond motifs is 1. The first-order valence-corrected chi connectivity index (χ1v) is 8.11. The van der Waals surface area contributed by atoms with Crippen LogP contribution in [0.3, 0.4) is 0 Å². The van der Waals surface area contributed by atoms with Crippen molar-refractivity contribution in [1.82, 2.24) is 10.2 Å². The van der Waals surface area contributed by atoms with Gasteiger partial charge in [-0.15, -0.1) is 0 Å². The Labute approximate surface area is 138 Å². The Kier molecular flexibility index (Phi) is 5.09. The number of hydrogen-bond acceptors (Lipinski definition) is 3. The molecule has 3 N–H and O–H groups in total. The number of carbonyl (C=O) groups is 2. The summed E-state index contributed by atoms with van der Waals surface area (Å²) in [4.78, 5) is 26.6. The zero-order chi connectivity index (χ0) is 17.2. The SMILES string of the molecule is CC(C)C[C@H](NC(=O)C1(N(C)C)Cc2ccccc2C1)C(N)=O. The van der Waals surface area contributed by atoms with Gasteiger partial charge in [-0.3, -0.25) is 14.5 Å². The molecule has 23 heavy (non-hydrogen) atoms. The van der Waals surface area contributed by atoms with Crippen LogP contribution in [0.2, 0.25) is 0 Å². The predicted octanol–water partition coefficient (Wildman–Crippen LogP) is 1.10. The topological polar surface area (TPSA) is 75.4 Å². The fraction of sp³-hybridized carbons (Fsp3) is 0.556. The smallest absolute Gasteiger partial charge is 0.241 e. The van der Waals surface area contributed by atoms with Crippen molar-refractivity contribution in [1.29, 1.82) is 0 Å². The molecule has 126 valence electrons. The van der Waals surface area contributed by atoms with Gasteiger partial charge < -0.3 is 11.1 Å². The molecule has 5 nitrogen and oxygen atoms in total. The predicted molar refractivity (Wildman–Crippen MR) is 90.8 cm³/mol. The van der Waals surface area contributed by atoms with E-state index < -0.39 is 17.5 Å². The number of nitrogens with two attached hydrogens (primary N) is 1. The molecule has 0 aromatic heterocycles. The Bertz CT molecular complexity index is 571. The molecule has 0 spiro atoms. The summed E-state index contributed by atoms with van der Waals surface area (Å²) in [6.45, 7) is 4.02. The minimum absolute atomic E-state index is 0.122. The molecule has 0 bridgehead atoms. The maximum Gasteiger partial charge on any atom is 0.241 e. The normalized spacial score (nSPS) is 17.1. The Balaban J connectivity index is 2.22. The van der Waals surface area contributed by atoms with Crippen LogP contribution in [-0.2, 0) is 22.4 Å². The van der Waals surface area contributed by atoms with Gasteiger partial charge in [0.2, 0.25) is 11.8 Å². The van der Waals surface area contributed by atoms with Crippen molar-refractivity contribution < 1.29 is 9.59 Å². The van der Waals surface area contributed by atoms with E-state index in [-0.39, 0.29) is 11.8 Å². The quantitative estimate of drug-likeness (QED) is 0.825. The van der Waals surface area contributed by atoms with Crippen molar-refractivity contribution >= 4 is 11.8 Å². The maximum atomic E-state index is 13.0. The van der Waals surface area contributed by atoms with Crippen molar-refractivity contribution in [2.24, 2.45) is 11.7 Å².